The Morgan fingerprint density at radius 3 is 2.07 bits per heavy atom. The lowest BCUT2D eigenvalue weighted by atomic mass is 9.73. The van der Waals surface area contributed by atoms with Crippen LogP contribution in [0.15, 0.2) is 0 Å². The van der Waals surface area contributed by atoms with E-state index >= 15 is 0 Å². The van der Waals surface area contributed by atoms with E-state index < -0.39 is 0 Å². The van der Waals surface area contributed by atoms with Crippen molar-refractivity contribution in [3.63, 3.8) is 0 Å². The molecule has 1 heteroatoms. The summed E-state index contributed by atoms with van der Waals surface area (Å²) in [4.78, 5) is 0. The van der Waals surface area contributed by atoms with Gasteiger partial charge >= 0.3 is 0 Å². The molecule has 0 aromatic heterocycles. The van der Waals surface area contributed by atoms with Gasteiger partial charge in [0.15, 0.2) is 0 Å². The van der Waals surface area contributed by atoms with Crippen molar-refractivity contribution in [1.82, 2.24) is 0 Å². The Balaban J connectivity index is 2.61. The highest BCUT2D eigenvalue weighted by Crippen LogP contribution is 2.41. The fourth-order valence-corrected chi connectivity index (χ4v) is 2.44. The maximum Gasteiger partial charge on any atom is 0.0614 e. The van der Waals surface area contributed by atoms with E-state index in [0.717, 1.165) is 12.5 Å². The molecule has 0 N–H and O–H groups in total. The number of hydrogen-bond acceptors (Lipinski definition) is 1. The smallest absolute Gasteiger partial charge is 0.0614 e. The molecule has 0 bridgehead atoms. The summed E-state index contributed by atoms with van der Waals surface area (Å²) < 4.78 is 5.87. The van der Waals surface area contributed by atoms with E-state index in [2.05, 4.69) is 41.5 Å². The van der Waals surface area contributed by atoms with Crippen molar-refractivity contribution in [2.45, 2.75) is 60.5 Å². The van der Waals surface area contributed by atoms with Crippen LogP contribution >= 0.6 is 0 Å². The molecule has 0 spiro atoms. The lowest BCUT2D eigenvalue weighted by molar-refractivity contribution is 0.0284. The van der Waals surface area contributed by atoms with Gasteiger partial charge in [0.05, 0.1) is 6.10 Å². The van der Waals surface area contributed by atoms with Crippen LogP contribution in [-0.4, -0.2) is 12.7 Å². The van der Waals surface area contributed by atoms with Crippen molar-refractivity contribution in [1.29, 1.82) is 0 Å². The molecule has 1 fully saturated rings. The molecular weight excluding hydrogens is 172 g/mol. The average molecular weight is 198 g/mol. The Labute approximate surface area is 89.2 Å². The number of rotatable bonds is 1. The largest absolute Gasteiger partial charge is 0.378 e. The first-order valence-corrected chi connectivity index (χ1v) is 5.82. The van der Waals surface area contributed by atoms with Gasteiger partial charge in [0.1, 0.15) is 0 Å². The van der Waals surface area contributed by atoms with E-state index in [0.29, 0.717) is 16.9 Å². The fraction of sp³-hybridized carbons (Fsp3) is 1.00. The van der Waals surface area contributed by atoms with Crippen molar-refractivity contribution in [2.24, 2.45) is 16.7 Å². The standard InChI is InChI=1S/C13H26O/c1-12(2,3)9-11-10(7-8-14-11)13(4,5)6/h10-11H,7-9H2,1-6H3/t10-,11-/m1/s1. The van der Waals surface area contributed by atoms with Crippen LogP contribution in [0.3, 0.4) is 0 Å². The lowest BCUT2D eigenvalue weighted by Gasteiger charge is -2.34. The summed E-state index contributed by atoms with van der Waals surface area (Å²) in [7, 11) is 0. The third kappa shape index (κ3) is 3.27. The molecule has 0 radical (unpaired) electrons. The molecule has 0 saturated carbocycles. The van der Waals surface area contributed by atoms with E-state index in [1.807, 2.05) is 0 Å². The second-order valence-electron chi connectivity index (χ2n) is 6.94. The zero-order chi connectivity index (χ0) is 11.0. The minimum absolute atomic E-state index is 0.387. The maximum atomic E-state index is 5.87. The van der Waals surface area contributed by atoms with Gasteiger partial charge in [-0.3, -0.25) is 0 Å². The predicted octanol–water partition coefficient (Wildman–Crippen LogP) is 3.87. The maximum absolute atomic E-state index is 5.87. The van der Waals surface area contributed by atoms with Crippen molar-refractivity contribution in [3.8, 4) is 0 Å². The van der Waals surface area contributed by atoms with Crippen molar-refractivity contribution >= 4 is 0 Å². The van der Waals surface area contributed by atoms with E-state index in [1.165, 1.54) is 12.8 Å². The summed E-state index contributed by atoms with van der Waals surface area (Å²) in [6, 6.07) is 0. The van der Waals surface area contributed by atoms with Crippen LogP contribution < -0.4 is 0 Å². The first-order valence-electron chi connectivity index (χ1n) is 5.82. The van der Waals surface area contributed by atoms with Gasteiger partial charge in [0.2, 0.25) is 0 Å². The molecule has 2 atom stereocenters. The van der Waals surface area contributed by atoms with Gasteiger partial charge in [-0.2, -0.15) is 0 Å². The first-order chi connectivity index (χ1) is 6.20. The second kappa shape index (κ2) is 3.84. The van der Waals surface area contributed by atoms with Crippen LogP contribution in [0.25, 0.3) is 0 Å². The summed E-state index contributed by atoms with van der Waals surface area (Å²) in [5.74, 6) is 0.738. The van der Waals surface area contributed by atoms with Gasteiger partial charge in [-0.1, -0.05) is 41.5 Å². The highest BCUT2D eigenvalue weighted by molar-refractivity contribution is 4.87. The third-order valence-corrected chi connectivity index (χ3v) is 3.14. The molecule has 0 aliphatic carbocycles. The van der Waals surface area contributed by atoms with Gasteiger partial charge < -0.3 is 4.74 Å². The van der Waals surface area contributed by atoms with E-state index in [-0.39, 0.29) is 0 Å². The molecule has 1 aliphatic rings. The Kier molecular flexibility index (Phi) is 3.30. The summed E-state index contributed by atoms with van der Waals surface area (Å²) in [6.45, 7) is 14.9. The van der Waals surface area contributed by atoms with Crippen LogP contribution in [-0.2, 0) is 4.74 Å². The summed E-state index contributed by atoms with van der Waals surface area (Å²) in [5.41, 5.74) is 0.783. The average Bonchev–Trinajstić information content (AvgIpc) is 2.29. The molecular formula is C13H26O. The summed E-state index contributed by atoms with van der Waals surface area (Å²) >= 11 is 0. The van der Waals surface area contributed by atoms with Crippen molar-refractivity contribution in [2.75, 3.05) is 6.61 Å². The highest BCUT2D eigenvalue weighted by atomic mass is 16.5. The molecule has 1 rings (SSSR count). The molecule has 0 aromatic rings. The zero-order valence-corrected chi connectivity index (χ0v) is 10.7. The molecule has 14 heavy (non-hydrogen) atoms. The Morgan fingerprint density at radius 1 is 1.07 bits per heavy atom. The lowest BCUT2D eigenvalue weighted by Crippen LogP contribution is -2.31. The van der Waals surface area contributed by atoms with Crippen LogP contribution in [0, 0.1) is 16.7 Å². The normalized spacial score (nSPS) is 29.6. The van der Waals surface area contributed by atoms with E-state index in [4.69, 9.17) is 4.74 Å². The molecule has 84 valence electrons. The Morgan fingerprint density at radius 2 is 1.64 bits per heavy atom. The second-order valence-corrected chi connectivity index (χ2v) is 6.94. The minimum Gasteiger partial charge on any atom is -0.378 e. The Hall–Kier alpha value is -0.0400. The molecule has 0 amide bonds. The van der Waals surface area contributed by atoms with Crippen LogP contribution in [0.1, 0.15) is 54.4 Å². The van der Waals surface area contributed by atoms with Gasteiger partial charge in [0.25, 0.3) is 0 Å². The molecule has 1 saturated heterocycles. The minimum atomic E-state index is 0.387. The van der Waals surface area contributed by atoms with Crippen LogP contribution in [0.5, 0.6) is 0 Å². The molecule has 1 heterocycles. The van der Waals surface area contributed by atoms with Gasteiger partial charge in [-0.05, 0) is 29.6 Å². The third-order valence-electron chi connectivity index (χ3n) is 3.14. The van der Waals surface area contributed by atoms with Crippen molar-refractivity contribution in [3.05, 3.63) is 0 Å². The molecule has 0 aromatic carbocycles. The zero-order valence-electron chi connectivity index (χ0n) is 10.7. The summed E-state index contributed by atoms with van der Waals surface area (Å²) in [5, 5.41) is 0. The molecule has 1 aliphatic heterocycles. The number of hydrogen-bond donors (Lipinski definition) is 0. The van der Waals surface area contributed by atoms with Crippen molar-refractivity contribution < 1.29 is 4.74 Å². The monoisotopic (exact) mass is 198 g/mol. The molecule has 1 nitrogen and oxygen atoms in total. The van der Waals surface area contributed by atoms with E-state index in [1.54, 1.807) is 0 Å². The topological polar surface area (TPSA) is 9.23 Å². The van der Waals surface area contributed by atoms with Gasteiger partial charge in [-0.15, -0.1) is 0 Å². The van der Waals surface area contributed by atoms with E-state index in [9.17, 15) is 0 Å². The van der Waals surface area contributed by atoms with Crippen LogP contribution in [0.4, 0.5) is 0 Å². The number of ether oxygens (including phenoxy) is 1. The molecule has 0 unspecified atom stereocenters. The van der Waals surface area contributed by atoms with Crippen LogP contribution in [0.2, 0.25) is 0 Å². The first kappa shape index (κ1) is 12.0. The predicted molar refractivity (Wildman–Crippen MR) is 61.4 cm³/mol. The summed E-state index contributed by atoms with van der Waals surface area (Å²) in [6.07, 6.45) is 2.91. The Bertz CT molecular complexity index is 182. The highest BCUT2D eigenvalue weighted by Gasteiger charge is 2.38. The van der Waals surface area contributed by atoms with Gasteiger partial charge in [0, 0.05) is 6.61 Å². The quantitative estimate of drug-likeness (QED) is 0.621. The fourth-order valence-electron chi connectivity index (χ4n) is 2.44. The SMILES string of the molecule is CC(C)(C)C[C@H]1OCC[C@H]1C(C)(C)C. The van der Waals surface area contributed by atoms with Gasteiger partial charge in [-0.25, -0.2) is 0 Å².